The van der Waals surface area contributed by atoms with Crippen LogP contribution in [0, 0.1) is 12.8 Å². The van der Waals surface area contributed by atoms with Gasteiger partial charge >= 0.3 is 5.97 Å². The van der Waals surface area contributed by atoms with Crippen LogP contribution in [-0.2, 0) is 9.53 Å². The number of anilines is 2. The van der Waals surface area contributed by atoms with Crippen molar-refractivity contribution >= 4 is 29.0 Å². The van der Waals surface area contributed by atoms with E-state index in [9.17, 15) is 9.59 Å². The lowest BCUT2D eigenvalue weighted by Gasteiger charge is -2.33. The van der Waals surface area contributed by atoms with Gasteiger partial charge in [0, 0.05) is 42.4 Å². The number of carbonyl (C=O) groups is 2. The highest BCUT2D eigenvalue weighted by Gasteiger charge is 2.27. The fraction of sp³-hybridized carbons (Fsp3) is 0.286. The van der Waals surface area contributed by atoms with Gasteiger partial charge in [0.05, 0.1) is 31.2 Å². The minimum Gasteiger partial charge on any atom is -0.497 e. The molecule has 2 aromatic carbocycles. The molecule has 9 heteroatoms. The lowest BCUT2D eigenvalue weighted by atomic mass is 9.95. The van der Waals surface area contributed by atoms with E-state index in [2.05, 4.69) is 15.2 Å². The van der Waals surface area contributed by atoms with Gasteiger partial charge in [0.15, 0.2) is 5.65 Å². The van der Waals surface area contributed by atoms with Crippen molar-refractivity contribution in [2.24, 2.45) is 5.92 Å². The molecule has 0 spiro atoms. The molecule has 0 saturated carbocycles. The highest BCUT2D eigenvalue weighted by atomic mass is 16.5. The Morgan fingerprint density at radius 2 is 1.73 bits per heavy atom. The number of piperidine rings is 1. The Labute approximate surface area is 215 Å². The molecule has 0 aliphatic carbocycles. The number of ether oxygens (including phenoxy) is 2. The molecule has 1 aliphatic rings. The predicted octanol–water partition coefficient (Wildman–Crippen LogP) is 4.36. The smallest absolute Gasteiger partial charge is 0.339 e. The van der Waals surface area contributed by atoms with Crippen molar-refractivity contribution < 1.29 is 19.1 Å². The highest BCUT2D eigenvalue weighted by molar-refractivity contribution is 6.01. The van der Waals surface area contributed by atoms with Crippen LogP contribution in [-0.4, -0.2) is 53.8 Å². The number of amides is 1. The molecule has 37 heavy (non-hydrogen) atoms. The zero-order valence-corrected chi connectivity index (χ0v) is 21.1. The molecular weight excluding hydrogens is 470 g/mol. The first kappa shape index (κ1) is 24.3. The Morgan fingerprint density at radius 3 is 2.43 bits per heavy atom. The molecule has 1 aliphatic heterocycles. The van der Waals surface area contributed by atoms with E-state index in [4.69, 9.17) is 14.6 Å². The van der Waals surface area contributed by atoms with Crippen molar-refractivity contribution in [3.05, 3.63) is 71.9 Å². The third kappa shape index (κ3) is 4.97. The van der Waals surface area contributed by atoms with Crippen LogP contribution >= 0.6 is 0 Å². The van der Waals surface area contributed by atoms with Crippen LogP contribution in [0.2, 0.25) is 0 Å². The molecule has 3 heterocycles. The number of fused-ring (bicyclic) bond motifs is 1. The van der Waals surface area contributed by atoms with Crippen molar-refractivity contribution in [1.82, 2.24) is 14.6 Å². The highest BCUT2D eigenvalue weighted by Crippen LogP contribution is 2.28. The first-order valence-electron chi connectivity index (χ1n) is 12.2. The van der Waals surface area contributed by atoms with Gasteiger partial charge in [-0.1, -0.05) is 12.1 Å². The summed E-state index contributed by atoms with van der Waals surface area (Å²) >= 11 is 0. The fourth-order valence-corrected chi connectivity index (χ4v) is 4.69. The number of para-hydroxylation sites is 1. The topological polar surface area (TPSA) is 98.1 Å². The van der Waals surface area contributed by atoms with E-state index in [1.807, 2.05) is 47.8 Å². The summed E-state index contributed by atoms with van der Waals surface area (Å²) in [6, 6.07) is 18.7. The van der Waals surface area contributed by atoms with Crippen LogP contribution in [0.4, 0.5) is 11.5 Å². The van der Waals surface area contributed by atoms with Gasteiger partial charge in [0.25, 0.3) is 0 Å². The molecule has 190 valence electrons. The van der Waals surface area contributed by atoms with Gasteiger partial charge in [-0.25, -0.2) is 9.78 Å². The summed E-state index contributed by atoms with van der Waals surface area (Å²) in [4.78, 5) is 32.0. The maximum atomic E-state index is 13.0. The summed E-state index contributed by atoms with van der Waals surface area (Å²) in [5, 5.41) is 7.77. The number of hydrogen-bond donors (Lipinski definition) is 1. The second kappa shape index (κ2) is 10.3. The normalized spacial score (nSPS) is 14.0. The van der Waals surface area contributed by atoms with Crippen molar-refractivity contribution in [2.45, 2.75) is 19.8 Å². The SMILES string of the molecule is COC(=O)c1ccccc1NC(=O)C1CCN(c2cc(C)nc3cc(-c4ccc(OC)cc4)nn23)CC1. The van der Waals surface area contributed by atoms with Gasteiger partial charge in [0.1, 0.15) is 11.6 Å². The molecule has 1 fully saturated rings. The van der Waals surface area contributed by atoms with E-state index in [-0.39, 0.29) is 11.8 Å². The number of nitrogens with one attached hydrogen (secondary N) is 1. The van der Waals surface area contributed by atoms with Gasteiger partial charge in [-0.2, -0.15) is 9.61 Å². The fourth-order valence-electron chi connectivity index (χ4n) is 4.69. The predicted molar refractivity (Wildman–Crippen MR) is 141 cm³/mol. The van der Waals surface area contributed by atoms with Gasteiger partial charge in [-0.3, -0.25) is 4.79 Å². The Balaban J connectivity index is 1.32. The summed E-state index contributed by atoms with van der Waals surface area (Å²) in [6.07, 6.45) is 1.36. The van der Waals surface area contributed by atoms with Crippen molar-refractivity contribution in [3.63, 3.8) is 0 Å². The van der Waals surface area contributed by atoms with E-state index in [0.29, 0.717) is 37.2 Å². The molecule has 2 aromatic heterocycles. The number of benzene rings is 2. The summed E-state index contributed by atoms with van der Waals surface area (Å²) in [5.74, 6) is 1.02. The third-order valence-electron chi connectivity index (χ3n) is 6.70. The Kier molecular flexibility index (Phi) is 6.76. The van der Waals surface area contributed by atoms with Gasteiger partial charge < -0.3 is 19.7 Å². The van der Waals surface area contributed by atoms with Crippen molar-refractivity contribution in [1.29, 1.82) is 0 Å². The zero-order chi connectivity index (χ0) is 25.9. The largest absolute Gasteiger partial charge is 0.497 e. The molecule has 1 N–H and O–H groups in total. The average molecular weight is 500 g/mol. The number of carbonyl (C=O) groups excluding carboxylic acids is 2. The molecule has 9 nitrogen and oxygen atoms in total. The molecule has 0 bridgehead atoms. The number of nitrogens with zero attached hydrogens (tertiary/aromatic N) is 4. The third-order valence-corrected chi connectivity index (χ3v) is 6.70. The number of methoxy groups -OCH3 is 2. The first-order valence-corrected chi connectivity index (χ1v) is 12.2. The van der Waals surface area contributed by atoms with Gasteiger partial charge in [-0.15, -0.1) is 0 Å². The minimum atomic E-state index is -0.476. The molecule has 4 aromatic rings. The van der Waals surface area contributed by atoms with Crippen LogP contribution in [0.1, 0.15) is 28.9 Å². The van der Waals surface area contributed by atoms with Crippen LogP contribution in [0.5, 0.6) is 5.75 Å². The second-order valence-corrected chi connectivity index (χ2v) is 9.07. The number of rotatable bonds is 6. The quantitative estimate of drug-likeness (QED) is 0.394. The summed E-state index contributed by atoms with van der Waals surface area (Å²) in [7, 11) is 2.97. The Hall–Kier alpha value is -4.40. The van der Waals surface area contributed by atoms with E-state index < -0.39 is 5.97 Å². The van der Waals surface area contributed by atoms with Crippen LogP contribution < -0.4 is 15.0 Å². The number of esters is 1. The van der Waals surface area contributed by atoms with Crippen LogP contribution in [0.25, 0.3) is 16.9 Å². The minimum absolute atomic E-state index is 0.0899. The van der Waals surface area contributed by atoms with Crippen LogP contribution in [0.15, 0.2) is 60.7 Å². The lowest BCUT2D eigenvalue weighted by Crippen LogP contribution is -2.39. The molecule has 0 radical (unpaired) electrons. The van der Waals surface area contributed by atoms with Crippen molar-refractivity contribution in [2.75, 3.05) is 37.5 Å². The molecule has 1 amide bonds. The summed E-state index contributed by atoms with van der Waals surface area (Å²) in [5.41, 5.74) is 4.31. The Bertz CT molecular complexity index is 1440. The van der Waals surface area contributed by atoms with Crippen molar-refractivity contribution in [3.8, 4) is 17.0 Å². The monoisotopic (exact) mass is 499 g/mol. The number of aromatic nitrogens is 3. The zero-order valence-electron chi connectivity index (χ0n) is 21.1. The molecule has 5 rings (SSSR count). The molecular formula is C28H29N5O4. The van der Waals surface area contributed by atoms with E-state index in [1.54, 1.807) is 31.4 Å². The van der Waals surface area contributed by atoms with Gasteiger partial charge in [0.2, 0.25) is 5.91 Å². The van der Waals surface area contributed by atoms with Crippen LogP contribution in [0.3, 0.4) is 0 Å². The molecule has 0 unspecified atom stereocenters. The van der Waals surface area contributed by atoms with Gasteiger partial charge in [-0.05, 0) is 56.2 Å². The molecule has 1 saturated heterocycles. The second-order valence-electron chi connectivity index (χ2n) is 9.07. The standard InChI is InChI=1S/C28H29N5O4/c1-18-16-26(33-25(29-18)17-24(31-33)19-8-10-21(36-2)11-9-19)32-14-12-20(13-15-32)27(34)30-23-7-5-4-6-22(23)28(35)37-3/h4-11,16-17,20H,12-15H2,1-3H3,(H,30,34). The van der Waals surface area contributed by atoms with E-state index >= 15 is 0 Å². The Morgan fingerprint density at radius 1 is 1.00 bits per heavy atom. The lowest BCUT2D eigenvalue weighted by molar-refractivity contribution is -0.120. The number of aryl methyl sites for hydroxylation is 1. The van der Waals surface area contributed by atoms with E-state index in [0.717, 1.165) is 34.2 Å². The molecule has 0 atom stereocenters. The average Bonchev–Trinajstić information content (AvgIpc) is 3.36. The summed E-state index contributed by atoms with van der Waals surface area (Å²) in [6.45, 7) is 3.38. The maximum Gasteiger partial charge on any atom is 0.339 e. The first-order chi connectivity index (χ1) is 18.0. The maximum absolute atomic E-state index is 13.0. The number of hydrogen-bond acceptors (Lipinski definition) is 7. The summed E-state index contributed by atoms with van der Waals surface area (Å²) < 4.78 is 12.0. The van der Waals surface area contributed by atoms with E-state index in [1.165, 1.54) is 7.11 Å².